The summed E-state index contributed by atoms with van der Waals surface area (Å²) in [5.74, 6) is -0.560. The van der Waals surface area contributed by atoms with Gasteiger partial charge in [0, 0.05) is 38.3 Å². The highest BCUT2D eigenvalue weighted by atomic mass is 32.2. The number of rotatable bonds is 7. The predicted molar refractivity (Wildman–Crippen MR) is 116 cm³/mol. The fraction of sp³-hybridized carbons (Fsp3) is 0.381. The second-order valence-electron chi connectivity index (χ2n) is 7.65. The van der Waals surface area contributed by atoms with Gasteiger partial charge >= 0.3 is 0 Å². The zero-order chi connectivity index (χ0) is 23.5. The van der Waals surface area contributed by atoms with Gasteiger partial charge in [-0.15, -0.1) is 0 Å². The maximum Gasteiger partial charge on any atom is 0.270 e. The number of sulfonamides is 1. The zero-order valence-electron chi connectivity index (χ0n) is 17.8. The molecule has 1 saturated heterocycles. The smallest absolute Gasteiger partial charge is 0.270 e. The molecule has 0 radical (unpaired) electrons. The molecule has 3 rings (SSSR count). The number of nitro groups is 1. The van der Waals surface area contributed by atoms with Crippen LogP contribution in [0.3, 0.4) is 0 Å². The number of amides is 1. The van der Waals surface area contributed by atoms with Crippen molar-refractivity contribution in [2.24, 2.45) is 0 Å². The minimum Gasteiger partial charge on any atom is -0.348 e. The lowest BCUT2D eigenvalue weighted by Crippen LogP contribution is -2.55. The van der Waals surface area contributed by atoms with Gasteiger partial charge < -0.3 is 5.32 Å². The van der Waals surface area contributed by atoms with Crippen molar-refractivity contribution < 1.29 is 22.5 Å². The van der Waals surface area contributed by atoms with Gasteiger partial charge in [0.15, 0.2) is 0 Å². The number of benzene rings is 2. The number of hydrogen-bond acceptors (Lipinski definition) is 6. The standard InChI is InChI=1S/C21H25FN4O5S/c1-15(17-6-8-18(22)9-7-17)23-21(27)16(2)24-10-12-25(13-11-24)32(30,31)20-5-3-4-19(14-20)26(28)29/h3-9,14-16H,10-13H2,1-2H3,(H,23,27)/t15-,16+/m0/s1. The summed E-state index contributed by atoms with van der Waals surface area (Å²) in [6.45, 7) is 4.56. The van der Waals surface area contributed by atoms with Crippen LogP contribution in [0.25, 0.3) is 0 Å². The summed E-state index contributed by atoms with van der Waals surface area (Å²) >= 11 is 0. The molecular formula is C21H25FN4O5S. The molecule has 0 saturated carbocycles. The van der Waals surface area contributed by atoms with Crippen LogP contribution < -0.4 is 5.32 Å². The van der Waals surface area contributed by atoms with Gasteiger partial charge in [0.1, 0.15) is 5.82 Å². The summed E-state index contributed by atoms with van der Waals surface area (Å²) in [5.41, 5.74) is 0.491. The number of nitrogens with one attached hydrogen (secondary N) is 1. The molecule has 1 fully saturated rings. The first-order chi connectivity index (χ1) is 15.1. The molecule has 2 aromatic rings. The number of hydrogen-bond donors (Lipinski definition) is 1. The Kier molecular flexibility index (Phi) is 7.22. The van der Waals surface area contributed by atoms with E-state index in [2.05, 4.69) is 5.32 Å². The van der Waals surface area contributed by atoms with Crippen LogP contribution in [0.15, 0.2) is 53.4 Å². The van der Waals surface area contributed by atoms with Gasteiger partial charge in [-0.05, 0) is 37.6 Å². The quantitative estimate of drug-likeness (QED) is 0.497. The Bertz CT molecular complexity index is 1090. The Morgan fingerprint density at radius 3 is 2.31 bits per heavy atom. The Hall–Kier alpha value is -2.89. The first kappa shape index (κ1) is 23.8. The van der Waals surface area contributed by atoms with Crippen molar-refractivity contribution in [2.75, 3.05) is 26.2 Å². The van der Waals surface area contributed by atoms with E-state index < -0.39 is 21.0 Å². The van der Waals surface area contributed by atoms with E-state index in [1.165, 1.54) is 34.6 Å². The number of carbonyl (C=O) groups is 1. The molecule has 1 aliphatic heterocycles. The highest BCUT2D eigenvalue weighted by Crippen LogP contribution is 2.22. The number of halogens is 1. The average Bonchev–Trinajstić information content (AvgIpc) is 2.79. The molecule has 9 nitrogen and oxygen atoms in total. The molecule has 32 heavy (non-hydrogen) atoms. The SMILES string of the molecule is C[C@H](NC(=O)[C@@H](C)N1CCN(S(=O)(=O)c2cccc([N+](=O)[O-])c2)CC1)c1ccc(F)cc1. The third kappa shape index (κ3) is 5.29. The van der Waals surface area contributed by atoms with Crippen molar-refractivity contribution in [1.82, 2.24) is 14.5 Å². The van der Waals surface area contributed by atoms with Crippen LogP contribution in [-0.2, 0) is 14.8 Å². The number of nitro benzene ring substituents is 1. The molecule has 0 spiro atoms. The van der Waals surface area contributed by atoms with E-state index in [9.17, 15) is 27.7 Å². The molecule has 1 aliphatic rings. The van der Waals surface area contributed by atoms with Gasteiger partial charge in [0.2, 0.25) is 15.9 Å². The predicted octanol–water partition coefficient (Wildman–Crippen LogP) is 2.31. The third-order valence-corrected chi connectivity index (χ3v) is 7.49. The highest BCUT2D eigenvalue weighted by molar-refractivity contribution is 7.89. The van der Waals surface area contributed by atoms with Crippen LogP contribution in [0.1, 0.15) is 25.5 Å². The molecule has 1 amide bonds. The van der Waals surface area contributed by atoms with E-state index in [1.807, 2.05) is 4.90 Å². The van der Waals surface area contributed by atoms with Gasteiger partial charge in [0.05, 0.1) is 21.9 Å². The van der Waals surface area contributed by atoms with E-state index >= 15 is 0 Å². The van der Waals surface area contributed by atoms with Crippen molar-refractivity contribution in [3.8, 4) is 0 Å². The van der Waals surface area contributed by atoms with Crippen LogP contribution in [0.4, 0.5) is 10.1 Å². The van der Waals surface area contributed by atoms with Gasteiger partial charge in [-0.25, -0.2) is 12.8 Å². The third-order valence-electron chi connectivity index (χ3n) is 5.60. The van der Waals surface area contributed by atoms with E-state index in [4.69, 9.17) is 0 Å². The molecule has 172 valence electrons. The normalized spacial score (nSPS) is 17.5. The van der Waals surface area contributed by atoms with Crippen molar-refractivity contribution in [2.45, 2.75) is 30.8 Å². The molecule has 1 N–H and O–H groups in total. The maximum atomic E-state index is 13.1. The summed E-state index contributed by atoms with van der Waals surface area (Å²) < 4.78 is 40.1. The van der Waals surface area contributed by atoms with Crippen molar-refractivity contribution in [3.05, 3.63) is 70.0 Å². The van der Waals surface area contributed by atoms with E-state index in [0.717, 1.165) is 11.6 Å². The van der Waals surface area contributed by atoms with Gasteiger partial charge in [-0.3, -0.25) is 19.8 Å². The summed E-state index contributed by atoms with van der Waals surface area (Å²) in [4.78, 5) is 24.7. The Morgan fingerprint density at radius 2 is 1.72 bits per heavy atom. The number of nitrogens with zero attached hydrogens (tertiary/aromatic N) is 3. The molecular weight excluding hydrogens is 439 g/mol. The zero-order valence-corrected chi connectivity index (χ0v) is 18.6. The molecule has 0 unspecified atom stereocenters. The summed E-state index contributed by atoms with van der Waals surface area (Å²) in [7, 11) is -3.87. The van der Waals surface area contributed by atoms with Gasteiger partial charge in [-0.2, -0.15) is 4.31 Å². The Morgan fingerprint density at radius 1 is 1.09 bits per heavy atom. The van der Waals surface area contributed by atoms with Crippen LogP contribution in [-0.4, -0.2) is 60.7 Å². The fourth-order valence-corrected chi connectivity index (χ4v) is 5.03. The minimum atomic E-state index is -3.87. The van der Waals surface area contributed by atoms with Crippen molar-refractivity contribution in [1.29, 1.82) is 0 Å². The molecule has 1 heterocycles. The summed E-state index contributed by atoms with van der Waals surface area (Å²) in [6, 6.07) is 10.1. The maximum absolute atomic E-state index is 13.1. The summed E-state index contributed by atoms with van der Waals surface area (Å²) in [5, 5.41) is 13.9. The fourth-order valence-electron chi connectivity index (χ4n) is 3.57. The van der Waals surface area contributed by atoms with Crippen LogP contribution in [0.5, 0.6) is 0 Å². The van der Waals surface area contributed by atoms with Crippen LogP contribution in [0.2, 0.25) is 0 Å². The molecule has 2 atom stereocenters. The van der Waals surface area contributed by atoms with E-state index in [0.29, 0.717) is 13.1 Å². The summed E-state index contributed by atoms with van der Waals surface area (Å²) in [6.07, 6.45) is 0. The van der Waals surface area contributed by atoms with E-state index in [-0.39, 0.29) is 41.4 Å². The largest absolute Gasteiger partial charge is 0.348 e. The first-order valence-corrected chi connectivity index (χ1v) is 11.6. The highest BCUT2D eigenvalue weighted by Gasteiger charge is 2.32. The van der Waals surface area contributed by atoms with Crippen LogP contribution in [0, 0.1) is 15.9 Å². The lowest BCUT2D eigenvalue weighted by Gasteiger charge is -2.37. The first-order valence-electron chi connectivity index (χ1n) is 10.1. The lowest BCUT2D eigenvalue weighted by molar-refractivity contribution is -0.385. The number of carbonyl (C=O) groups excluding carboxylic acids is 1. The molecule has 11 heteroatoms. The molecule has 0 aliphatic carbocycles. The number of non-ortho nitro benzene ring substituents is 1. The van der Waals surface area contributed by atoms with Crippen molar-refractivity contribution >= 4 is 21.6 Å². The van der Waals surface area contributed by atoms with Gasteiger partial charge in [-0.1, -0.05) is 18.2 Å². The molecule has 0 bridgehead atoms. The number of piperazine rings is 1. The van der Waals surface area contributed by atoms with E-state index in [1.54, 1.807) is 26.0 Å². The Labute approximate surface area is 186 Å². The lowest BCUT2D eigenvalue weighted by atomic mass is 10.1. The van der Waals surface area contributed by atoms with Gasteiger partial charge in [0.25, 0.3) is 5.69 Å². The minimum absolute atomic E-state index is 0.126. The second-order valence-corrected chi connectivity index (χ2v) is 9.59. The van der Waals surface area contributed by atoms with Crippen molar-refractivity contribution in [3.63, 3.8) is 0 Å². The molecule has 0 aromatic heterocycles. The Balaban J connectivity index is 1.59. The topological polar surface area (TPSA) is 113 Å². The molecule has 2 aromatic carbocycles. The second kappa shape index (κ2) is 9.72. The monoisotopic (exact) mass is 464 g/mol. The average molecular weight is 465 g/mol. The van der Waals surface area contributed by atoms with Crippen LogP contribution >= 0.6 is 0 Å².